The summed E-state index contributed by atoms with van der Waals surface area (Å²) in [5.41, 5.74) is 0. The zero-order valence-corrected chi connectivity index (χ0v) is 52.9. The van der Waals surface area contributed by atoms with Crippen molar-refractivity contribution in [3.63, 3.8) is 0 Å². The number of hydrogen-bond acceptors (Lipinski definition) is 6. The lowest BCUT2D eigenvalue weighted by molar-refractivity contribution is -0.167. The van der Waals surface area contributed by atoms with Gasteiger partial charge in [0.25, 0.3) is 0 Å². The van der Waals surface area contributed by atoms with Crippen molar-refractivity contribution in [3.8, 4) is 0 Å². The SMILES string of the molecule is CC/C=C\C/C=C\C/C=C\CCCCCC(=O)OCC(COC(=O)CCCCCCCCCCCCCCCCCCC/C=C\C/C=C\CCCCCCC)OC(=O)CCCCCCCCCCCCCCCCCCCCC. The molecule has 0 aromatic carbocycles. The quantitative estimate of drug-likeness (QED) is 0.0261. The van der Waals surface area contributed by atoms with E-state index in [0.29, 0.717) is 19.3 Å². The molecule has 0 amide bonds. The van der Waals surface area contributed by atoms with Crippen LogP contribution in [0.25, 0.3) is 0 Å². The normalized spacial score (nSPS) is 12.4. The van der Waals surface area contributed by atoms with Gasteiger partial charge in [0.2, 0.25) is 0 Å². The number of unbranched alkanes of at least 4 members (excludes halogenated alkanes) is 43. The van der Waals surface area contributed by atoms with Gasteiger partial charge >= 0.3 is 17.9 Å². The molecule has 0 rings (SSSR count). The monoisotopic (exact) mass is 1110 g/mol. The Kier molecular flexibility index (Phi) is 65.1. The van der Waals surface area contributed by atoms with Gasteiger partial charge < -0.3 is 14.2 Å². The molecule has 0 saturated carbocycles. The highest BCUT2D eigenvalue weighted by Crippen LogP contribution is 2.18. The Morgan fingerprint density at radius 1 is 0.266 bits per heavy atom. The van der Waals surface area contributed by atoms with Gasteiger partial charge in [-0.2, -0.15) is 0 Å². The molecule has 0 aromatic heterocycles. The molecule has 6 nitrogen and oxygen atoms in total. The maximum absolute atomic E-state index is 12.9. The number of allylic oxidation sites excluding steroid dienone is 10. The van der Waals surface area contributed by atoms with Gasteiger partial charge in [0.05, 0.1) is 0 Å². The summed E-state index contributed by atoms with van der Waals surface area (Å²) in [4.78, 5) is 38.4. The van der Waals surface area contributed by atoms with E-state index in [9.17, 15) is 14.4 Å². The molecule has 460 valence electrons. The van der Waals surface area contributed by atoms with E-state index in [-0.39, 0.29) is 31.1 Å². The summed E-state index contributed by atoms with van der Waals surface area (Å²) < 4.78 is 16.9. The average Bonchev–Trinajstić information content (AvgIpc) is 3.45. The molecular weight excluding hydrogens is 973 g/mol. The molecule has 0 radical (unpaired) electrons. The predicted octanol–water partition coefficient (Wildman–Crippen LogP) is 23.9. The topological polar surface area (TPSA) is 78.9 Å². The zero-order chi connectivity index (χ0) is 57.1. The van der Waals surface area contributed by atoms with Gasteiger partial charge in [-0.3, -0.25) is 14.4 Å². The zero-order valence-electron chi connectivity index (χ0n) is 52.9. The first kappa shape index (κ1) is 76.1. The Hall–Kier alpha value is -2.89. The number of esters is 3. The molecule has 0 saturated heterocycles. The van der Waals surface area contributed by atoms with E-state index in [1.54, 1.807) is 0 Å². The van der Waals surface area contributed by atoms with Crippen molar-refractivity contribution >= 4 is 17.9 Å². The van der Waals surface area contributed by atoms with Crippen molar-refractivity contribution in [2.75, 3.05) is 13.2 Å². The fourth-order valence-corrected chi connectivity index (χ4v) is 10.3. The standard InChI is InChI=1S/C73H132O6/c1-4-7-10-13-16-19-22-25-27-29-31-32-33-34-35-36-37-38-39-40-42-43-45-48-51-54-57-60-63-66-72(75)78-69-70(68-77-71(74)65-62-59-56-53-50-47-24-21-18-15-12-9-6-3)79-73(76)67-64-61-58-55-52-49-46-44-41-30-28-26-23-20-17-14-11-8-5-2/h9,12,18,21-22,25,29,31,47,50,70H,4-8,10-11,13-17,19-20,23-24,26-28,30,32-46,48-49,51-69H2,1-3H3/b12-9-,21-18-,25-22-,31-29-,50-47-. The van der Waals surface area contributed by atoms with Gasteiger partial charge in [-0.15, -0.1) is 0 Å². The molecule has 0 N–H and O–H groups in total. The van der Waals surface area contributed by atoms with Crippen LogP contribution in [-0.4, -0.2) is 37.2 Å². The Morgan fingerprint density at radius 3 is 0.785 bits per heavy atom. The lowest BCUT2D eigenvalue weighted by Crippen LogP contribution is -2.30. The van der Waals surface area contributed by atoms with Crippen molar-refractivity contribution < 1.29 is 28.6 Å². The highest BCUT2D eigenvalue weighted by atomic mass is 16.6. The van der Waals surface area contributed by atoms with Crippen LogP contribution in [0.1, 0.15) is 367 Å². The summed E-state index contributed by atoms with van der Waals surface area (Å²) >= 11 is 0. The number of carbonyl (C=O) groups excluding carboxylic acids is 3. The van der Waals surface area contributed by atoms with Gasteiger partial charge in [-0.25, -0.2) is 0 Å². The van der Waals surface area contributed by atoms with E-state index in [4.69, 9.17) is 14.2 Å². The Labute approximate surface area is 491 Å². The van der Waals surface area contributed by atoms with Crippen LogP contribution in [0, 0.1) is 0 Å². The van der Waals surface area contributed by atoms with Crippen LogP contribution >= 0.6 is 0 Å². The molecule has 79 heavy (non-hydrogen) atoms. The molecule has 1 unspecified atom stereocenters. The minimum Gasteiger partial charge on any atom is -0.462 e. The fraction of sp³-hybridized carbons (Fsp3) is 0.822. The number of ether oxygens (including phenoxy) is 3. The highest BCUT2D eigenvalue weighted by Gasteiger charge is 2.19. The molecule has 6 heteroatoms. The van der Waals surface area contributed by atoms with E-state index in [1.807, 2.05) is 0 Å². The third kappa shape index (κ3) is 65.8. The summed E-state index contributed by atoms with van der Waals surface area (Å²) in [6.45, 7) is 6.55. The summed E-state index contributed by atoms with van der Waals surface area (Å²) in [6, 6.07) is 0. The third-order valence-electron chi connectivity index (χ3n) is 15.5. The van der Waals surface area contributed by atoms with Gasteiger partial charge in [-0.1, -0.05) is 326 Å². The number of rotatable bonds is 64. The van der Waals surface area contributed by atoms with Gasteiger partial charge in [0.15, 0.2) is 6.10 Å². The first-order chi connectivity index (χ1) is 39.0. The smallest absolute Gasteiger partial charge is 0.306 e. The Balaban J connectivity index is 4.21. The van der Waals surface area contributed by atoms with Crippen LogP contribution in [0.3, 0.4) is 0 Å². The van der Waals surface area contributed by atoms with Crippen LogP contribution in [0.2, 0.25) is 0 Å². The van der Waals surface area contributed by atoms with Crippen molar-refractivity contribution in [1.29, 1.82) is 0 Å². The molecule has 1 atom stereocenters. The minimum atomic E-state index is -0.784. The second-order valence-corrected chi connectivity index (χ2v) is 23.4. The van der Waals surface area contributed by atoms with Gasteiger partial charge in [-0.05, 0) is 83.5 Å². The average molecular weight is 1110 g/mol. The molecular formula is C73H132O6. The van der Waals surface area contributed by atoms with Gasteiger partial charge in [0.1, 0.15) is 13.2 Å². The maximum Gasteiger partial charge on any atom is 0.306 e. The highest BCUT2D eigenvalue weighted by molar-refractivity contribution is 5.71. The maximum atomic E-state index is 12.9. The molecule has 0 aliphatic carbocycles. The molecule has 0 heterocycles. The molecule has 0 aliphatic rings. The van der Waals surface area contributed by atoms with Crippen molar-refractivity contribution in [2.45, 2.75) is 374 Å². The van der Waals surface area contributed by atoms with Gasteiger partial charge in [0, 0.05) is 19.3 Å². The number of hydrogen-bond donors (Lipinski definition) is 0. The van der Waals surface area contributed by atoms with E-state index in [1.165, 1.54) is 238 Å². The molecule has 0 aromatic rings. The summed E-state index contributed by atoms with van der Waals surface area (Å²) in [5, 5.41) is 0. The Morgan fingerprint density at radius 2 is 0.494 bits per heavy atom. The molecule has 0 bridgehead atoms. The van der Waals surface area contributed by atoms with Crippen molar-refractivity contribution in [1.82, 2.24) is 0 Å². The summed E-state index contributed by atoms with van der Waals surface area (Å²) in [5.74, 6) is -0.886. The van der Waals surface area contributed by atoms with Crippen LogP contribution in [-0.2, 0) is 28.6 Å². The second-order valence-electron chi connectivity index (χ2n) is 23.4. The molecule has 0 fully saturated rings. The van der Waals surface area contributed by atoms with E-state index in [2.05, 4.69) is 81.5 Å². The lowest BCUT2D eigenvalue weighted by atomic mass is 10.0. The summed E-state index contributed by atoms with van der Waals surface area (Å²) in [6.07, 6.45) is 86.9. The van der Waals surface area contributed by atoms with Crippen molar-refractivity contribution in [2.24, 2.45) is 0 Å². The summed E-state index contributed by atoms with van der Waals surface area (Å²) in [7, 11) is 0. The van der Waals surface area contributed by atoms with E-state index >= 15 is 0 Å². The second kappa shape index (κ2) is 67.6. The lowest BCUT2D eigenvalue weighted by Gasteiger charge is -2.18. The first-order valence-electron chi connectivity index (χ1n) is 34.8. The van der Waals surface area contributed by atoms with Crippen LogP contribution < -0.4 is 0 Å². The minimum absolute atomic E-state index is 0.0791. The van der Waals surface area contributed by atoms with Crippen LogP contribution in [0.15, 0.2) is 60.8 Å². The fourth-order valence-electron chi connectivity index (χ4n) is 10.3. The largest absolute Gasteiger partial charge is 0.462 e. The molecule has 0 aliphatic heterocycles. The molecule has 0 spiro atoms. The Bertz CT molecular complexity index is 1410. The predicted molar refractivity (Wildman–Crippen MR) is 344 cm³/mol. The third-order valence-corrected chi connectivity index (χ3v) is 15.5. The van der Waals surface area contributed by atoms with E-state index in [0.717, 1.165) is 89.9 Å². The van der Waals surface area contributed by atoms with Crippen LogP contribution in [0.4, 0.5) is 0 Å². The first-order valence-corrected chi connectivity index (χ1v) is 34.8. The van der Waals surface area contributed by atoms with Crippen LogP contribution in [0.5, 0.6) is 0 Å². The number of carbonyl (C=O) groups is 3. The van der Waals surface area contributed by atoms with E-state index < -0.39 is 6.10 Å². The van der Waals surface area contributed by atoms with Crippen molar-refractivity contribution in [3.05, 3.63) is 60.8 Å².